The number of nitrogens with one attached hydrogen (secondary N) is 1. The maximum Gasteiger partial charge on any atom is 0.251 e. The normalized spacial score (nSPS) is 16.4. The van der Waals surface area contributed by atoms with Gasteiger partial charge in [-0.3, -0.25) is 9.69 Å². The quantitative estimate of drug-likeness (QED) is 0.880. The van der Waals surface area contributed by atoms with Gasteiger partial charge in [0.25, 0.3) is 5.91 Å². The zero-order chi connectivity index (χ0) is 17.5. The van der Waals surface area contributed by atoms with Gasteiger partial charge in [-0.25, -0.2) is 0 Å². The summed E-state index contributed by atoms with van der Waals surface area (Å²) in [6, 6.07) is 18.0. The summed E-state index contributed by atoms with van der Waals surface area (Å²) in [6.45, 7) is 6.24. The lowest BCUT2D eigenvalue weighted by Gasteiger charge is -2.31. The van der Waals surface area contributed by atoms with Crippen molar-refractivity contribution < 1.29 is 9.53 Å². The van der Waals surface area contributed by atoms with Gasteiger partial charge in [0.15, 0.2) is 0 Å². The Morgan fingerprint density at radius 1 is 1.08 bits per heavy atom. The van der Waals surface area contributed by atoms with Crippen molar-refractivity contribution in [2.75, 3.05) is 32.8 Å². The Hall–Kier alpha value is -2.17. The molecule has 1 fully saturated rings. The molecule has 0 saturated carbocycles. The van der Waals surface area contributed by atoms with E-state index in [2.05, 4.69) is 29.3 Å². The van der Waals surface area contributed by atoms with Crippen molar-refractivity contribution in [2.24, 2.45) is 0 Å². The lowest BCUT2D eigenvalue weighted by molar-refractivity contribution is 0.0332. The first-order valence-corrected chi connectivity index (χ1v) is 9.01. The molecule has 1 saturated heterocycles. The highest BCUT2D eigenvalue weighted by Gasteiger charge is 2.20. The van der Waals surface area contributed by atoms with Crippen molar-refractivity contribution in [2.45, 2.75) is 19.4 Å². The van der Waals surface area contributed by atoms with Crippen molar-refractivity contribution in [1.82, 2.24) is 10.2 Å². The highest BCUT2D eigenvalue weighted by Crippen LogP contribution is 2.16. The van der Waals surface area contributed by atoms with Crippen molar-refractivity contribution >= 4 is 5.91 Å². The van der Waals surface area contributed by atoms with E-state index in [4.69, 9.17) is 4.74 Å². The van der Waals surface area contributed by atoms with Gasteiger partial charge in [0.1, 0.15) is 0 Å². The summed E-state index contributed by atoms with van der Waals surface area (Å²) in [4.78, 5) is 15.1. The molecule has 0 bridgehead atoms. The number of hydrogen-bond donors (Lipinski definition) is 1. The van der Waals surface area contributed by atoms with Crippen LogP contribution >= 0.6 is 0 Å². The number of aryl methyl sites for hydroxylation is 1. The largest absolute Gasteiger partial charge is 0.379 e. The molecule has 0 aliphatic carbocycles. The van der Waals surface area contributed by atoms with Crippen molar-refractivity contribution in [3.05, 3.63) is 71.3 Å². The van der Waals surface area contributed by atoms with Crippen LogP contribution in [0.5, 0.6) is 0 Å². The van der Waals surface area contributed by atoms with Crippen molar-refractivity contribution in [1.29, 1.82) is 0 Å². The average Bonchev–Trinajstić information content (AvgIpc) is 2.69. The number of carbonyl (C=O) groups excluding carboxylic acids is 1. The van der Waals surface area contributed by atoms with Crippen LogP contribution < -0.4 is 5.32 Å². The predicted octanol–water partition coefficient (Wildman–Crippen LogP) is 3.05. The van der Waals surface area contributed by atoms with E-state index < -0.39 is 0 Å². The van der Waals surface area contributed by atoms with E-state index in [9.17, 15) is 4.79 Å². The molecule has 0 aromatic heterocycles. The summed E-state index contributed by atoms with van der Waals surface area (Å²) in [5.74, 6) is -0.0234. The number of benzene rings is 2. The van der Waals surface area contributed by atoms with E-state index in [1.54, 1.807) is 0 Å². The van der Waals surface area contributed by atoms with E-state index in [1.165, 1.54) is 5.56 Å². The maximum absolute atomic E-state index is 12.7. The minimum absolute atomic E-state index is 0.0234. The molecule has 1 atom stereocenters. The number of carbonyl (C=O) groups is 1. The van der Waals surface area contributed by atoms with Gasteiger partial charge >= 0.3 is 0 Å². The molecule has 0 spiro atoms. The van der Waals surface area contributed by atoms with Crippen LogP contribution in [0.3, 0.4) is 0 Å². The lowest BCUT2D eigenvalue weighted by Crippen LogP contribution is -2.43. The maximum atomic E-state index is 12.7. The Balaban J connectivity index is 1.72. The summed E-state index contributed by atoms with van der Waals surface area (Å²) in [6.07, 6.45) is 0.978. The first kappa shape index (κ1) is 17.6. The third-order valence-corrected chi connectivity index (χ3v) is 4.68. The van der Waals surface area contributed by atoms with Crippen molar-refractivity contribution in [3.8, 4) is 0 Å². The first-order chi connectivity index (χ1) is 12.3. The Morgan fingerprint density at radius 3 is 2.40 bits per heavy atom. The van der Waals surface area contributed by atoms with Gasteiger partial charge in [0, 0.05) is 25.2 Å². The van der Waals surface area contributed by atoms with E-state index in [0.29, 0.717) is 5.56 Å². The highest BCUT2D eigenvalue weighted by atomic mass is 16.5. The first-order valence-electron chi connectivity index (χ1n) is 9.01. The van der Waals surface area contributed by atoms with Gasteiger partial charge in [0.2, 0.25) is 0 Å². The Bertz CT molecular complexity index is 664. The molecule has 1 aliphatic heterocycles. The van der Waals surface area contributed by atoms with Crippen molar-refractivity contribution in [3.63, 3.8) is 0 Å². The lowest BCUT2D eigenvalue weighted by atomic mass is 10.0. The fraction of sp³-hybridized carbons (Fsp3) is 0.381. The van der Waals surface area contributed by atoms with Gasteiger partial charge < -0.3 is 10.1 Å². The molecule has 2 aromatic rings. The van der Waals surface area contributed by atoms with Crippen LogP contribution in [0, 0.1) is 0 Å². The standard InChI is InChI=1S/C21H26N2O2/c1-2-17-8-10-19(11-9-17)21(24)22-20(18-6-4-3-5-7-18)16-23-12-14-25-15-13-23/h3-11,20H,2,12-16H2,1H3,(H,22,24). The van der Waals surface area contributed by atoms with Crippen LogP contribution in [0.1, 0.15) is 34.5 Å². The summed E-state index contributed by atoms with van der Waals surface area (Å²) in [5.41, 5.74) is 3.08. The molecule has 1 aliphatic rings. The van der Waals surface area contributed by atoms with Gasteiger partial charge in [-0.15, -0.1) is 0 Å². The van der Waals surface area contributed by atoms with E-state index >= 15 is 0 Å². The number of hydrogen-bond acceptors (Lipinski definition) is 3. The number of rotatable bonds is 6. The van der Waals surface area contributed by atoms with Crippen LogP contribution in [0.15, 0.2) is 54.6 Å². The van der Waals surface area contributed by atoms with E-state index in [-0.39, 0.29) is 11.9 Å². The molecule has 25 heavy (non-hydrogen) atoms. The Morgan fingerprint density at radius 2 is 1.76 bits per heavy atom. The SMILES string of the molecule is CCc1ccc(C(=O)NC(CN2CCOCC2)c2ccccc2)cc1. The third kappa shape index (κ3) is 4.91. The molecule has 1 unspecified atom stereocenters. The van der Waals surface area contributed by atoms with E-state index in [0.717, 1.165) is 44.8 Å². The number of nitrogens with zero attached hydrogens (tertiary/aromatic N) is 1. The molecule has 1 heterocycles. The molecule has 0 radical (unpaired) electrons. The number of morpholine rings is 1. The molecule has 3 rings (SSSR count). The smallest absolute Gasteiger partial charge is 0.251 e. The molecular weight excluding hydrogens is 312 g/mol. The van der Waals surface area contributed by atoms with Crippen LogP contribution in [-0.2, 0) is 11.2 Å². The second-order valence-corrected chi connectivity index (χ2v) is 6.40. The molecule has 4 heteroatoms. The molecule has 4 nitrogen and oxygen atoms in total. The molecular formula is C21H26N2O2. The fourth-order valence-electron chi connectivity index (χ4n) is 3.10. The molecule has 2 aromatic carbocycles. The topological polar surface area (TPSA) is 41.6 Å². The van der Waals surface area contributed by atoms with Gasteiger partial charge in [-0.1, -0.05) is 49.4 Å². The Labute approximate surface area is 149 Å². The number of amides is 1. The van der Waals surface area contributed by atoms with Crippen LogP contribution in [0.4, 0.5) is 0 Å². The molecule has 1 N–H and O–H groups in total. The van der Waals surface area contributed by atoms with Gasteiger partial charge in [-0.2, -0.15) is 0 Å². The average molecular weight is 338 g/mol. The number of ether oxygens (including phenoxy) is 1. The summed E-state index contributed by atoms with van der Waals surface area (Å²) in [5, 5.41) is 3.21. The second kappa shape index (κ2) is 8.79. The van der Waals surface area contributed by atoms with Gasteiger partial charge in [0.05, 0.1) is 19.3 Å². The second-order valence-electron chi connectivity index (χ2n) is 6.40. The minimum atomic E-state index is -0.0300. The summed E-state index contributed by atoms with van der Waals surface area (Å²) >= 11 is 0. The summed E-state index contributed by atoms with van der Waals surface area (Å²) in [7, 11) is 0. The highest BCUT2D eigenvalue weighted by molar-refractivity contribution is 5.94. The predicted molar refractivity (Wildman–Crippen MR) is 99.7 cm³/mol. The monoisotopic (exact) mass is 338 g/mol. The fourth-order valence-corrected chi connectivity index (χ4v) is 3.10. The zero-order valence-electron chi connectivity index (χ0n) is 14.8. The Kier molecular flexibility index (Phi) is 6.20. The summed E-state index contributed by atoms with van der Waals surface area (Å²) < 4.78 is 5.43. The molecule has 132 valence electrons. The zero-order valence-corrected chi connectivity index (χ0v) is 14.8. The third-order valence-electron chi connectivity index (χ3n) is 4.68. The van der Waals surface area contributed by atoms with Crippen LogP contribution in [0.2, 0.25) is 0 Å². The van der Waals surface area contributed by atoms with Crippen LogP contribution in [0.25, 0.3) is 0 Å². The van der Waals surface area contributed by atoms with Gasteiger partial charge in [-0.05, 0) is 29.7 Å². The minimum Gasteiger partial charge on any atom is -0.379 e. The van der Waals surface area contributed by atoms with Crippen LogP contribution in [-0.4, -0.2) is 43.7 Å². The van der Waals surface area contributed by atoms with E-state index in [1.807, 2.05) is 42.5 Å². The molecule has 1 amide bonds.